The minimum Gasteiger partial charge on any atom is -0.442 e. The van der Waals surface area contributed by atoms with Crippen LogP contribution in [0.2, 0.25) is 0 Å². The second-order valence-corrected chi connectivity index (χ2v) is 7.89. The van der Waals surface area contributed by atoms with Crippen LogP contribution in [0.4, 0.5) is 20.7 Å². The molecule has 1 aliphatic rings. The summed E-state index contributed by atoms with van der Waals surface area (Å²) in [4.78, 5) is 40.1. The largest absolute Gasteiger partial charge is 0.442 e. The lowest BCUT2D eigenvalue weighted by Crippen LogP contribution is -2.33. The number of primary amides is 1. The molecule has 1 saturated heterocycles. The van der Waals surface area contributed by atoms with Gasteiger partial charge in [-0.05, 0) is 29.3 Å². The third-order valence-electron chi connectivity index (χ3n) is 5.43. The van der Waals surface area contributed by atoms with E-state index in [1.807, 2.05) is 0 Å². The predicted molar refractivity (Wildman–Crippen MR) is 122 cm³/mol. The number of aromatic nitrogens is 2. The second kappa shape index (κ2) is 9.22. The normalized spacial score (nSPS) is 15.3. The first-order valence-electron chi connectivity index (χ1n) is 10.4. The van der Waals surface area contributed by atoms with Crippen LogP contribution < -0.4 is 21.7 Å². The summed E-state index contributed by atoms with van der Waals surface area (Å²) in [7, 11) is 0. The lowest BCUT2D eigenvalue weighted by Gasteiger charge is -2.15. The molecule has 3 aromatic rings. The Labute approximate surface area is 194 Å². The Morgan fingerprint density at radius 2 is 1.97 bits per heavy atom. The zero-order valence-corrected chi connectivity index (χ0v) is 18.3. The molecule has 1 aromatic heterocycles. The van der Waals surface area contributed by atoms with E-state index in [0.29, 0.717) is 23.4 Å². The van der Waals surface area contributed by atoms with E-state index in [1.165, 1.54) is 24.2 Å². The lowest BCUT2D eigenvalue weighted by atomic mass is 10.0. The molecule has 1 fully saturated rings. The van der Waals surface area contributed by atoms with Crippen LogP contribution in [0.25, 0.3) is 11.1 Å². The second-order valence-electron chi connectivity index (χ2n) is 7.89. The number of anilines is 2. The van der Waals surface area contributed by atoms with E-state index in [-0.39, 0.29) is 30.5 Å². The molecule has 0 radical (unpaired) electrons. The number of halogens is 1. The Morgan fingerprint density at radius 3 is 2.62 bits per heavy atom. The number of benzene rings is 2. The summed E-state index contributed by atoms with van der Waals surface area (Å²) in [5, 5.41) is 2.60. The number of nitrogens with one attached hydrogen (secondary N) is 1. The fourth-order valence-electron chi connectivity index (χ4n) is 3.77. The van der Waals surface area contributed by atoms with Crippen LogP contribution in [-0.2, 0) is 16.1 Å². The van der Waals surface area contributed by atoms with Gasteiger partial charge in [-0.15, -0.1) is 0 Å². The number of imidazole rings is 1. The van der Waals surface area contributed by atoms with E-state index < -0.39 is 23.9 Å². The number of rotatable bonds is 7. The summed E-state index contributed by atoms with van der Waals surface area (Å²) in [6.07, 6.45) is 0.334. The first-order chi connectivity index (χ1) is 16.2. The van der Waals surface area contributed by atoms with Crippen LogP contribution >= 0.6 is 0 Å². The molecule has 11 heteroatoms. The van der Waals surface area contributed by atoms with E-state index in [1.54, 1.807) is 41.0 Å². The molecule has 0 saturated carbocycles. The number of nitrogens with two attached hydrogens (primary N) is 2. The molecule has 1 atom stereocenters. The van der Waals surface area contributed by atoms with Gasteiger partial charge in [-0.2, -0.15) is 0 Å². The molecule has 1 aliphatic heterocycles. The maximum Gasteiger partial charge on any atom is 0.414 e. The lowest BCUT2D eigenvalue weighted by molar-refractivity contribution is -0.119. The molecule has 0 unspecified atom stereocenters. The van der Waals surface area contributed by atoms with E-state index in [4.69, 9.17) is 16.2 Å². The van der Waals surface area contributed by atoms with Gasteiger partial charge in [-0.1, -0.05) is 24.3 Å². The average molecular weight is 466 g/mol. The molecule has 0 aliphatic carbocycles. The van der Waals surface area contributed by atoms with Crippen LogP contribution in [0.15, 0.2) is 48.8 Å². The minimum absolute atomic E-state index is 0.0644. The van der Waals surface area contributed by atoms with Crippen LogP contribution in [0.5, 0.6) is 0 Å². The zero-order valence-electron chi connectivity index (χ0n) is 18.3. The Kier molecular flexibility index (Phi) is 6.17. The van der Waals surface area contributed by atoms with Crippen molar-refractivity contribution in [3.05, 3.63) is 65.9 Å². The molecule has 0 spiro atoms. The molecule has 3 amide bonds. The summed E-state index contributed by atoms with van der Waals surface area (Å²) in [5.41, 5.74) is 13.4. The van der Waals surface area contributed by atoms with Crippen molar-refractivity contribution in [3.8, 4) is 11.1 Å². The summed E-state index contributed by atoms with van der Waals surface area (Å²) >= 11 is 0. The first-order valence-corrected chi connectivity index (χ1v) is 10.4. The van der Waals surface area contributed by atoms with Gasteiger partial charge >= 0.3 is 6.09 Å². The van der Waals surface area contributed by atoms with Crippen molar-refractivity contribution in [2.24, 2.45) is 5.73 Å². The SMILES string of the molecule is CC(=O)NC[C@H]1CN(c2ccc(-c3ccc(Cn4cnc(N)c4C(N)=O)cc3)c(F)c2)C(=O)O1. The summed E-state index contributed by atoms with van der Waals surface area (Å²) in [6.45, 7) is 2.09. The Morgan fingerprint density at radius 1 is 1.24 bits per heavy atom. The van der Waals surface area contributed by atoms with Gasteiger partial charge in [0.15, 0.2) is 11.5 Å². The Balaban J connectivity index is 1.48. The van der Waals surface area contributed by atoms with Crippen molar-refractivity contribution in [3.63, 3.8) is 0 Å². The minimum atomic E-state index is -0.669. The van der Waals surface area contributed by atoms with Crippen molar-refractivity contribution in [1.82, 2.24) is 14.9 Å². The zero-order chi connectivity index (χ0) is 24.4. The van der Waals surface area contributed by atoms with Gasteiger partial charge in [0.2, 0.25) is 5.91 Å². The van der Waals surface area contributed by atoms with Crippen LogP contribution in [-0.4, -0.2) is 46.7 Å². The van der Waals surface area contributed by atoms with Gasteiger partial charge in [0.1, 0.15) is 11.9 Å². The molecule has 2 heterocycles. The highest BCUT2D eigenvalue weighted by molar-refractivity contribution is 5.95. The van der Waals surface area contributed by atoms with Crippen molar-refractivity contribution < 1.29 is 23.5 Å². The van der Waals surface area contributed by atoms with E-state index in [0.717, 1.165) is 5.56 Å². The third-order valence-corrected chi connectivity index (χ3v) is 5.43. The maximum atomic E-state index is 14.9. The average Bonchev–Trinajstić information content (AvgIpc) is 3.35. The molecule has 34 heavy (non-hydrogen) atoms. The standard InChI is InChI=1S/C23H23FN6O4/c1-13(31)27-9-17-11-30(23(33)34-17)16-6-7-18(19(24)8-16)15-4-2-14(3-5-15)10-29-12-28-21(25)20(29)22(26)32/h2-8,12,17H,9-11,25H2,1H3,(H2,26,32)(H,27,31)/t17-/m0/s1. The van der Waals surface area contributed by atoms with Gasteiger partial charge in [0, 0.05) is 19.0 Å². The quantitative estimate of drug-likeness (QED) is 0.485. The van der Waals surface area contributed by atoms with Crippen molar-refractivity contribution >= 4 is 29.4 Å². The number of carbonyl (C=O) groups excluding carboxylic acids is 3. The number of nitrogen functional groups attached to an aromatic ring is 1. The number of carbonyl (C=O) groups is 3. The van der Waals surface area contributed by atoms with Gasteiger partial charge in [0.05, 0.1) is 25.1 Å². The topological polar surface area (TPSA) is 146 Å². The highest BCUT2D eigenvalue weighted by atomic mass is 19.1. The summed E-state index contributed by atoms with van der Waals surface area (Å²) < 4.78 is 21.7. The van der Waals surface area contributed by atoms with Gasteiger partial charge in [-0.3, -0.25) is 14.5 Å². The van der Waals surface area contributed by atoms with Gasteiger partial charge in [0.25, 0.3) is 5.91 Å². The number of hydrogen-bond donors (Lipinski definition) is 3. The van der Waals surface area contributed by atoms with Gasteiger partial charge in [-0.25, -0.2) is 14.2 Å². The fourth-order valence-corrected chi connectivity index (χ4v) is 3.77. The highest BCUT2D eigenvalue weighted by Crippen LogP contribution is 2.29. The number of nitrogens with zero attached hydrogens (tertiary/aromatic N) is 3. The number of hydrogen-bond acceptors (Lipinski definition) is 6. The van der Waals surface area contributed by atoms with Crippen LogP contribution in [0, 0.1) is 5.82 Å². The van der Waals surface area contributed by atoms with Crippen LogP contribution in [0.1, 0.15) is 23.0 Å². The Bertz CT molecular complexity index is 1260. The van der Waals surface area contributed by atoms with Crippen molar-refractivity contribution in [2.45, 2.75) is 19.6 Å². The molecular weight excluding hydrogens is 443 g/mol. The molecular formula is C23H23FN6O4. The monoisotopic (exact) mass is 466 g/mol. The molecule has 0 bridgehead atoms. The summed E-state index contributed by atoms with van der Waals surface area (Å²) in [5.74, 6) is -1.33. The van der Waals surface area contributed by atoms with Crippen molar-refractivity contribution in [1.29, 1.82) is 0 Å². The fraction of sp³-hybridized carbons (Fsp3) is 0.217. The first kappa shape index (κ1) is 22.8. The van der Waals surface area contributed by atoms with Gasteiger partial charge < -0.3 is 26.1 Å². The molecule has 2 aromatic carbocycles. The smallest absolute Gasteiger partial charge is 0.414 e. The Hall–Kier alpha value is -4.41. The molecule has 176 valence electrons. The number of cyclic esters (lactones) is 1. The van der Waals surface area contributed by atoms with Crippen molar-refractivity contribution in [2.75, 3.05) is 23.7 Å². The van der Waals surface area contributed by atoms with E-state index in [9.17, 15) is 18.8 Å². The number of amides is 3. The third kappa shape index (κ3) is 4.68. The predicted octanol–water partition coefficient (Wildman–Crippen LogP) is 1.88. The van der Waals surface area contributed by atoms with Crippen LogP contribution in [0.3, 0.4) is 0 Å². The number of ether oxygens (including phenoxy) is 1. The van der Waals surface area contributed by atoms with E-state index >= 15 is 0 Å². The summed E-state index contributed by atoms with van der Waals surface area (Å²) in [6, 6.07) is 11.6. The van der Waals surface area contributed by atoms with E-state index in [2.05, 4.69) is 10.3 Å². The maximum absolute atomic E-state index is 14.9. The molecule has 10 nitrogen and oxygen atoms in total. The highest BCUT2D eigenvalue weighted by Gasteiger charge is 2.32. The molecule has 5 N–H and O–H groups in total. The molecule has 4 rings (SSSR count).